The molecule has 1 aromatic rings. The molecule has 4 fully saturated rings. The molecular weight excluding hydrogens is 290 g/mol. The Balaban J connectivity index is 1.71. The molecule has 1 amide bonds. The van der Waals surface area contributed by atoms with Crippen molar-refractivity contribution in [3.05, 3.63) is 29.8 Å². The number of benzene rings is 1. The van der Waals surface area contributed by atoms with Gasteiger partial charge in [0.25, 0.3) is 0 Å². The number of rotatable bonds is 2. The molecule has 2 bridgehead atoms. The Labute approximate surface area is 135 Å². The van der Waals surface area contributed by atoms with E-state index < -0.39 is 11.8 Å². The van der Waals surface area contributed by atoms with E-state index in [9.17, 15) is 9.90 Å². The molecule has 1 aromatic carbocycles. The van der Waals surface area contributed by atoms with Gasteiger partial charge in [0.05, 0.1) is 24.5 Å². The third kappa shape index (κ3) is 1.35. The summed E-state index contributed by atoms with van der Waals surface area (Å²) in [6.45, 7) is 2.00. The molecule has 0 spiro atoms. The highest BCUT2D eigenvalue weighted by Gasteiger charge is 2.78. The number of amides is 1. The fourth-order valence-electron chi connectivity index (χ4n) is 5.81. The maximum atomic E-state index is 13.3. The Bertz CT molecular complexity index is 753. The van der Waals surface area contributed by atoms with Crippen LogP contribution in [0.3, 0.4) is 0 Å². The van der Waals surface area contributed by atoms with Gasteiger partial charge < -0.3 is 9.84 Å². The van der Waals surface area contributed by atoms with Gasteiger partial charge in [0.1, 0.15) is 0 Å². The molecule has 1 N–H and O–H groups in total. The fraction of sp³-hybridized carbons (Fsp3) is 0.526. The van der Waals surface area contributed by atoms with Crippen molar-refractivity contribution in [2.45, 2.75) is 37.7 Å². The highest BCUT2D eigenvalue weighted by atomic mass is 16.6. The van der Waals surface area contributed by atoms with Crippen LogP contribution < -0.4 is 4.90 Å². The van der Waals surface area contributed by atoms with E-state index in [-0.39, 0.29) is 35.7 Å². The van der Waals surface area contributed by atoms with Crippen LogP contribution in [0.25, 0.3) is 0 Å². The summed E-state index contributed by atoms with van der Waals surface area (Å²) >= 11 is 0. The van der Waals surface area contributed by atoms with Crippen LogP contribution >= 0.6 is 0 Å². The van der Waals surface area contributed by atoms with E-state index in [0.29, 0.717) is 6.42 Å². The number of aliphatic hydroxyl groups is 1. The summed E-state index contributed by atoms with van der Waals surface area (Å²) in [5, 5.41) is 10.5. The zero-order valence-corrected chi connectivity index (χ0v) is 13.0. The summed E-state index contributed by atoms with van der Waals surface area (Å²) in [7, 11) is 0. The number of aliphatic hydroxyl groups excluding tert-OH is 1. The first kappa shape index (κ1) is 13.6. The van der Waals surface area contributed by atoms with Crippen molar-refractivity contribution in [3.8, 4) is 12.3 Å². The second kappa shape index (κ2) is 4.17. The molecule has 4 nitrogen and oxygen atoms in total. The topological polar surface area (TPSA) is 49.8 Å². The van der Waals surface area contributed by atoms with E-state index in [4.69, 9.17) is 11.2 Å². The van der Waals surface area contributed by atoms with Crippen molar-refractivity contribution < 1.29 is 14.6 Å². The van der Waals surface area contributed by atoms with Gasteiger partial charge >= 0.3 is 0 Å². The minimum absolute atomic E-state index is 0.0242. The smallest absolute Gasteiger partial charge is 0.233 e. The monoisotopic (exact) mass is 309 g/mol. The summed E-state index contributed by atoms with van der Waals surface area (Å²) in [5.41, 5.74) is 1.15. The Kier molecular flexibility index (Phi) is 2.46. The van der Waals surface area contributed by atoms with Gasteiger partial charge in [-0.25, -0.2) is 0 Å². The Morgan fingerprint density at radius 2 is 2.22 bits per heavy atom. The normalized spacial score (nSPS) is 45.8. The molecule has 5 rings (SSSR count). The summed E-state index contributed by atoms with van der Waals surface area (Å²) in [5.74, 6) is 3.05. The third-order valence-electron chi connectivity index (χ3n) is 6.51. The second-order valence-corrected chi connectivity index (χ2v) is 7.37. The molecule has 2 aliphatic heterocycles. The van der Waals surface area contributed by atoms with Crippen molar-refractivity contribution in [1.29, 1.82) is 0 Å². The lowest BCUT2D eigenvalue weighted by Crippen LogP contribution is -2.51. The Morgan fingerprint density at radius 1 is 1.43 bits per heavy atom. The number of anilines is 1. The molecule has 118 valence electrons. The first-order chi connectivity index (χ1) is 11.1. The number of terminal acetylenes is 1. The van der Waals surface area contributed by atoms with Gasteiger partial charge in [-0.2, -0.15) is 0 Å². The van der Waals surface area contributed by atoms with E-state index in [0.717, 1.165) is 17.7 Å². The Morgan fingerprint density at radius 3 is 2.96 bits per heavy atom. The number of para-hydroxylation sites is 1. The number of carbonyl (C=O) groups is 1. The molecule has 0 aromatic heterocycles. The minimum Gasteiger partial charge on any atom is -0.390 e. The van der Waals surface area contributed by atoms with Crippen LogP contribution in [-0.2, 0) is 9.53 Å². The lowest BCUT2D eigenvalue weighted by atomic mass is 9.76. The average Bonchev–Trinajstić information content (AvgIpc) is 3.18. The summed E-state index contributed by atoms with van der Waals surface area (Å²) < 4.78 is 6.38. The number of hydrogen-bond donors (Lipinski definition) is 1. The van der Waals surface area contributed by atoms with Crippen LogP contribution in [0.5, 0.6) is 0 Å². The van der Waals surface area contributed by atoms with E-state index in [2.05, 4.69) is 5.92 Å². The van der Waals surface area contributed by atoms with Gasteiger partial charge in [-0.1, -0.05) is 18.2 Å². The van der Waals surface area contributed by atoms with Crippen molar-refractivity contribution in [2.75, 3.05) is 4.90 Å². The zero-order chi connectivity index (χ0) is 15.9. The van der Waals surface area contributed by atoms with E-state index in [1.807, 2.05) is 36.1 Å². The first-order valence-corrected chi connectivity index (χ1v) is 8.29. The number of carbonyl (C=O) groups excluding carboxylic acids is 1. The first-order valence-electron chi connectivity index (χ1n) is 8.29. The predicted octanol–water partition coefficient (Wildman–Crippen LogP) is 1.70. The highest BCUT2D eigenvalue weighted by molar-refractivity contribution is 6.01. The van der Waals surface area contributed by atoms with E-state index in [1.54, 1.807) is 0 Å². The number of ether oxygens (including phenoxy) is 1. The predicted molar refractivity (Wildman–Crippen MR) is 84.3 cm³/mol. The van der Waals surface area contributed by atoms with Crippen molar-refractivity contribution in [1.82, 2.24) is 0 Å². The van der Waals surface area contributed by atoms with Crippen LogP contribution in [0.15, 0.2) is 24.3 Å². The largest absolute Gasteiger partial charge is 0.390 e. The quantitative estimate of drug-likeness (QED) is 0.846. The van der Waals surface area contributed by atoms with Crippen LogP contribution in [0.4, 0.5) is 5.69 Å². The van der Waals surface area contributed by atoms with Crippen molar-refractivity contribution >= 4 is 11.6 Å². The highest BCUT2D eigenvalue weighted by Crippen LogP contribution is 2.68. The molecule has 2 heterocycles. The summed E-state index contributed by atoms with van der Waals surface area (Å²) in [6.07, 6.45) is 6.23. The van der Waals surface area contributed by atoms with Crippen LogP contribution in [0, 0.1) is 42.9 Å². The molecule has 2 saturated heterocycles. The average molecular weight is 309 g/mol. The Hall–Kier alpha value is -1.83. The molecule has 23 heavy (non-hydrogen) atoms. The molecule has 4 heteroatoms. The molecule has 4 aliphatic rings. The van der Waals surface area contributed by atoms with Gasteiger partial charge in [-0.05, 0) is 36.8 Å². The van der Waals surface area contributed by atoms with Crippen LogP contribution in [0.1, 0.15) is 18.4 Å². The maximum absolute atomic E-state index is 13.3. The minimum atomic E-state index is -0.774. The van der Waals surface area contributed by atoms with Gasteiger partial charge in [0, 0.05) is 11.6 Å². The van der Waals surface area contributed by atoms with E-state index >= 15 is 0 Å². The number of hydrogen-bond acceptors (Lipinski definition) is 3. The van der Waals surface area contributed by atoms with Crippen molar-refractivity contribution in [3.63, 3.8) is 0 Å². The molecule has 7 atom stereocenters. The summed E-state index contributed by atoms with van der Waals surface area (Å²) in [6, 6.07) is 7.87. The molecule has 0 radical (unpaired) electrons. The van der Waals surface area contributed by atoms with E-state index in [1.165, 1.54) is 0 Å². The number of nitrogens with zero attached hydrogens (tertiary/aromatic N) is 1. The molecule has 2 aliphatic carbocycles. The van der Waals surface area contributed by atoms with Crippen molar-refractivity contribution in [2.24, 2.45) is 23.7 Å². The SMILES string of the molecule is C#CCC12OC3C(O)C4CC3C1C4C(=O)N2c1ccccc1C. The van der Waals surface area contributed by atoms with Gasteiger partial charge in [0.15, 0.2) is 5.72 Å². The molecular formula is C19H19NO3. The lowest BCUT2D eigenvalue weighted by molar-refractivity contribution is -0.132. The second-order valence-electron chi connectivity index (χ2n) is 7.37. The van der Waals surface area contributed by atoms with Gasteiger partial charge in [0.2, 0.25) is 5.91 Å². The maximum Gasteiger partial charge on any atom is 0.233 e. The van der Waals surface area contributed by atoms with Crippen LogP contribution in [-0.4, -0.2) is 28.9 Å². The van der Waals surface area contributed by atoms with Crippen LogP contribution in [0.2, 0.25) is 0 Å². The van der Waals surface area contributed by atoms with Gasteiger partial charge in [-0.3, -0.25) is 9.69 Å². The van der Waals surface area contributed by atoms with Gasteiger partial charge in [-0.15, -0.1) is 12.3 Å². The third-order valence-corrected chi connectivity index (χ3v) is 6.51. The standard InChI is InChI=1S/C19H19NO3/c1-3-8-19-15-12-9-11(16(21)17(12)23-19)14(15)18(22)20(19)13-7-5-4-6-10(13)2/h1,4-7,11-12,14-17,21H,8-9H2,2H3. The molecule has 2 saturated carbocycles. The fourth-order valence-corrected chi connectivity index (χ4v) is 5.81. The summed E-state index contributed by atoms with van der Waals surface area (Å²) in [4.78, 5) is 15.1. The number of fused-ring (bicyclic) bond motifs is 2. The zero-order valence-electron chi connectivity index (χ0n) is 13.0. The lowest BCUT2D eigenvalue weighted by Gasteiger charge is -2.38. The number of aryl methyl sites for hydroxylation is 1. The molecule has 7 unspecified atom stereocenters.